The standard InChI is InChI=1S/C15H21ClN2/c16-14-4-2-1-3-13(14)15(11-12-5-6-12)18-9-7-17-8-10-18/h1-4,12,15,17H,5-11H2/t15-/m0/s1. The fourth-order valence-corrected chi connectivity index (χ4v) is 3.14. The quantitative estimate of drug-likeness (QED) is 0.899. The molecular formula is C15H21ClN2. The van der Waals surface area contributed by atoms with Crippen LogP contribution in [0.5, 0.6) is 0 Å². The lowest BCUT2D eigenvalue weighted by molar-refractivity contribution is 0.160. The molecule has 1 aliphatic heterocycles. The smallest absolute Gasteiger partial charge is 0.0453 e. The van der Waals surface area contributed by atoms with E-state index < -0.39 is 0 Å². The topological polar surface area (TPSA) is 15.3 Å². The van der Waals surface area contributed by atoms with Gasteiger partial charge in [-0.25, -0.2) is 0 Å². The normalized spacial score (nSPS) is 22.9. The minimum absolute atomic E-state index is 0.522. The predicted octanol–water partition coefficient (Wildman–Crippen LogP) is 3.09. The fraction of sp³-hybridized carbons (Fsp3) is 0.600. The molecule has 0 aromatic heterocycles. The molecule has 3 rings (SSSR count). The number of rotatable bonds is 4. The Morgan fingerprint density at radius 2 is 1.94 bits per heavy atom. The van der Waals surface area contributed by atoms with Crippen molar-refractivity contribution in [2.45, 2.75) is 25.3 Å². The van der Waals surface area contributed by atoms with Gasteiger partial charge in [0.25, 0.3) is 0 Å². The van der Waals surface area contributed by atoms with Crippen molar-refractivity contribution in [3.8, 4) is 0 Å². The molecule has 0 radical (unpaired) electrons. The second-order valence-electron chi connectivity index (χ2n) is 5.50. The maximum Gasteiger partial charge on any atom is 0.0453 e. The van der Waals surface area contributed by atoms with Crippen LogP contribution in [-0.2, 0) is 0 Å². The van der Waals surface area contributed by atoms with Crippen LogP contribution in [-0.4, -0.2) is 31.1 Å². The lowest BCUT2D eigenvalue weighted by Crippen LogP contribution is -2.45. The molecule has 1 saturated carbocycles. The molecule has 1 atom stereocenters. The summed E-state index contributed by atoms with van der Waals surface area (Å²) in [6, 6.07) is 8.89. The molecule has 1 N–H and O–H groups in total. The van der Waals surface area contributed by atoms with Gasteiger partial charge in [-0.05, 0) is 24.0 Å². The van der Waals surface area contributed by atoms with Crippen LogP contribution in [0.2, 0.25) is 5.02 Å². The summed E-state index contributed by atoms with van der Waals surface area (Å²) < 4.78 is 0. The van der Waals surface area contributed by atoms with E-state index in [1.54, 1.807) is 0 Å². The number of hydrogen-bond donors (Lipinski definition) is 1. The lowest BCUT2D eigenvalue weighted by atomic mass is 9.98. The molecule has 1 aromatic carbocycles. The second-order valence-corrected chi connectivity index (χ2v) is 5.91. The van der Waals surface area contributed by atoms with E-state index in [0.717, 1.165) is 37.1 Å². The maximum atomic E-state index is 6.40. The first-order valence-electron chi connectivity index (χ1n) is 7.04. The van der Waals surface area contributed by atoms with Crippen molar-refractivity contribution in [1.82, 2.24) is 10.2 Å². The van der Waals surface area contributed by atoms with Gasteiger partial charge in [-0.15, -0.1) is 0 Å². The average molecular weight is 265 g/mol. The van der Waals surface area contributed by atoms with Crippen LogP contribution < -0.4 is 5.32 Å². The van der Waals surface area contributed by atoms with E-state index in [0.29, 0.717) is 6.04 Å². The molecule has 0 spiro atoms. The predicted molar refractivity (Wildman–Crippen MR) is 76.0 cm³/mol. The highest BCUT2D eigenvalue weighted by molar-refractivity contribution is 6.31. The van der Waals surface area contributed by atoms with Crippen molar-refractivity contribution >= 4 is 11.6 Å². The van der Waals surface area contributed by atoms with Crippen molar-refractivity contribution < 1.29 is 0 Å². The second kappa shape index (κ2) is 5.60. The van der Waals surface area contributed by atoms with E-state index in [1.807, 2.05) is 12.1 Å². The number of hydrogen-bond acceptors (Lipinski definition) is 2. The molecule has 18 heavy (non-hydrogen) atoms. The van der Waals surface area contributed by atoms with Gasteiger partial charge in [-0.1, -0.05) is 42.6 Å². The van der Waals surface area contributed by atoms with Gasteiger partial charge in [0.1, 0.15) is 0 Å². The fourth-order valence-electron chi connectivity index (χ4n) is 2.88. The third kappa shape index (κ3) is 2.87. The third-order valence-electron chi connectivity index (χ3n) is 4.11. The van der Waals surface area contributed by atoms with Gasteiger partial charge in [0, 0.05) is 37.2 Å². The molecular weight excluding hydrogens is 244 g/mol. The number of nitrogens with one attached hydrogen (secondary N) is 1. The minimum atomic E-state index is 0.522. The summed E-state index contributed by atoms with van der Waals surface area (Å²) in [6.45, 7) is 4.49. The average Bonchev–Trinajstić information content (AvgIpc) is 3.22. The van der Waals surface area contributed by atoms with Crippen LogP contribution in [0, 0.1) is 5.92 Å². The Morgan fingerprint density at radius 3 is 2.61 bits per heavy atom. The molecule has 0 unspecified atom stereocenters. The highest BCUT2D eigenvalue weighted by Crippen LogP contribution is 2.41. The van der Waals surface area contributed by atoms with E-state index in [4.69, 9.17) is 11.6 Å². The Bertz CT molecular complexity index is 397. The van der Waals surface area contributed by atoms with E-state index >= 15 is 0 Å². The molecule has 0 bridgehead atoms. The van der Waals surface area contributed by atoms with Crippen LogP contribution in [0.3, 0.4) is 0 Å². The summed E-state index contributed by atoms with van der Waals surface area (Å²) in [7, 11) is 0. The zero-order chi connectivity index (χ0) is 12.4. The molecule has 1 heterocycles. The van der Waals surface area contributed by atoms with E-state index in [9.17, 15) is 0 Å². The molecule has 2 nitrogen and oxygen atoms in total. The molecule has 3 heteroatoms. The van der Waals surface area contributed by atoms with Gasteiger partial charge in [0.2, 0.25) is 0 Å². The lowest BCUT2D eigenvalue weighted by Gasteiger charge is -2.35. The first kappa shape index (κ1) is 12.5. The number of nitrogens with zero attached hydrogens (tertiary/aromatic N) is 1. The Labute approximate surface area is 114 Å². The molecule has 2 fully saturated rings. The summed E-state index contributed by atoms with van der Waals surface area (Å²) in [6.07, 6.45) is 4.10. The summed E-state index contributed by atoms with van der Waals surface area (Å²) in [5, 5.41) is 4.36. The molecule has 0 amide bonds. The van der Waals surface area contributed by atoms with Gasteiger partial charge in [-0.2, -0.15) is 0 Å². The first-order chi connectivity index (χ1) is 8.84. The Kier molecular flexibility index (Phi) is 3.88. The van der Waals surface area contributed by atoms with Gasteiger partial charge >= 0.3 is 0 Å². The van der Waals surface area contributed by atoms with Gasteiger partial charge in [-0.3, -0.25) is 4.90 Å². The monoisotopic (exact) mass is 264 g/mol. The molecule has 2 aliphatic rings. The van der Waals surface area contributed by atoms with Gasteiger partial charge < -0.3 is 5.32 Å². The Morgan fingerprint density at radius 1 is 1.22 bits per heavy atom. The van der Waals surface area contributed by atoms with Crippen molar-refractivity contribution in [2.24, 2.45) is 5.92 Å². The Hall–Kier alpha value is -0.570. The largest absolute Gasteiger partial charge is 0.314 e. The number of halogens is 1. The van der Waals surface area contributed by atoms with E-state index in [2.05, 4.69) is 22.3 Å². The van der Waals surface area contributed by atoms with E-state index in [-0.39, 0.29) is 0 Å². The third-order valence-corrected chi connectivity index (χ3v) is 4.45. The highest BCUT2D eigenvalue weighted by atomic mass is 35.5. The summed E-state index contributed by atoms with van der Waals surface area (Å²) in [5.41, 5.74) is 1.33. The van der Waals surface area contributed by atoms with Gasteiger partial charge in [0.15, 0.2) is 0 Å². The Balaban J connectivity index is 1.81. The summed E-state index contributed by atoms with van der Waals surface area (Å²) in [5.74, 6) is 0.932. The number of piperazine rings is 1. The zero-order valence-electron chi connectivity index (χ0n) is 10.7. The first-order valence-corrected chi connectivity index (χ1v) is 7.41. The molecule has 98 valence electrons. The van der Waals surface area contributed by atoms with Crippen LogP contribution in [0.15, 0.2) is 24.3 Å². The highest BCUT2D eigenvalue weighted by Gasteiger charge is 2.31. The van der Waals surface area contributed by atoms with Crippen LogP contribution in [0.25, 0.3) is 0 Å². The van der Waals surface area contributed by atoms with E-state index in [1.165, 1.54) is 24.8 Å². The molecule has 1 aromatic rings. The van der Waals surface area contributed by atoms with Crippen molar-refractivity contribution in [3.63, 3.8) is 0 Å². The van der Waals surface area contributed by atoms with Crippen LogP contribution in [0.4, 0.5) is 0 Å². The SMILES string of the molecule is Clc1ccccc1[C@H](CC1CC1)N1CCNCC1. The van der Waals surface area contributed by atoms with Gasteiger partial charge in [0.05, 0.1) is 0 Å². The van der Waals surface area contributed by atoms with Crippen molar-refractivity contribution in [1.29, 1.82) is 0 Å². The maximum absolute atomic E-state index is 6.40. The van der Waals surface area contributed by atoms with Crippen LogP contribution in [0.1, 0.15) is 30.9 Å². The van der Waals surface area contributed by atoms with Crippen molar-refractivity contribution in [3.05, 3.63) is 34.9 Å². The van der Waals surface area contributed by atoms with Crippen molar-refractivity contribution in [2.75, 3.05) is 26.2 Å². The summed E-state index contributed by atoms with van der Waals surface area (Å²) >= 11 is 6.40. The number of benzene rings is 1. The summed E-state index contributed by atoms with van der Waals surface area (Å²) in [4.78, 5) is 2.61. The zero-order valence-corrected chi connectivity index (χ0v) is 11.5. The minimum Gasteiger partial charge on any atom is -0.314 e. The van der Waals surface area contributed by atoms with Crippen LogP contribution >= 0.6 is 11.6 Å². The molecule has 1 aliphatic carbocycles. The molecule has 1 saturated heterocycles.